The van der Waals surface area contributed by atoms with Gasteiger partial charge in [-0.3, -0.25) is 10.1 Å². The SMILES string of the molecule is Cc1c(N(CCO)C2CCCCC2)cccc1[N+](=O)[O-]. The Balaban J connectivity index is 2.33. The van der Waals surface area contributed by atoms with Gasteiger partial charge in [0, 0.05) is 24.3 Å². The van der Waals surface area contributed by atoms with E-state index in [9.17, 15) is 15.2 Å². The van der Waals surface area contributed by atoms with E-state index in [4.69, 9.17) is 0 Å². The molecule has 0 saturated heterocycles. The molecule has 1 saturated carbocycles. The van der Waals surface area contributed by atoms with Crippen LogP contribution in [0.4, 0.5) is 11.4 Å². The number of nitro groups is 1. The molecule has 0 aliphatic heterocycles. The van der Waals surface area contributed by atoms with Crippen LogP contribution < -0.4 is 4.90 Å². The van der Waals surface area contributed by atoms with Gasteiger partial charge >= 0.3 is 0 Å². The van der Waals surface area contributed by atoms with Gasteiger partial charge in [-0.15, -0.1) is 0 Å². The lowest BCUT2D eigenvalue weighted by molar-refractivity contribution is -0.385. The summed E-state index contributed by atoms with van der Waals surface area (Å²) in [7, 11) is 0. The molecule has 1 aromatic carbocycles. The molecule has 1 aliphatic carbocycles. The third-order valence-electron chi connectivity index (χ3n) is 4.14. The summed E-state index contributed by atoms with van der Waals surface area (Å²) >= 11 is 0. The first-order valence-electron chi connectivity index (χ1n) is 7.26. The molecule has 1 aromatic rings. The van der Waals surface area contributed by atoms with Crippen LogP contribution in [0.15, 0.2) is 18.2 Å². The third-order valence-corrected chi connectivity index (χ3v) is 4.14. The second kappa shape index (κ2) is 6.70. The summed E-state index contributed by atoms with van der Waals surface area (Å²) in [4.78, 5) is 12.9. The number of hydrogen-bond acceptors (Lipinski definition) is 4. The van der Waals surface area contributed by atoms with Crippen molar-refractivity contribution in [3.8, 4) is 0 Å². The average Bonchev–Trinajstić information content (AvgIpc) is 2.46. The van der Waals surface area contributed by atoms with E-state index in [1.807, 2.05) is 6.07 Å². The van der Waals surface area contributed by atoms with Crippen molar-refractivity contribution in [2.75, 3.05) is 18.1 Å². The van der Waals surface area contributed by atoms with Gasteiger partial charge in [-0.2, -0.15) is 0 Å². The second-order valence-corrected chi connectivity index (χ2v) is 5.39. The highest BCUT2D eigenvalue weighted by atomic mass is 16.6. The van der Waals surface area contributed by atoms with E-state index in [1.165, 1.54) is 25.3 Å². The molecular formula is C15H22N2O3. The molecule has 5 nitrogen and oxygen atoms in total. The van der Waals surface area contributed by atoms with Crippen molar-refractivity contribution in [2.24, 2.45) is 0 Å². The van der Waals surface area contributed by atoms with E-state index in [0.29, 0.717) is 18.2 Å². The number of nitrogens with zero attached hydrogens (tertiary/aromatic N) is 2. The highest BCUT2D eigenvalue weighted by Gasteiger charge is 2.24. The largest absolute Gasteiger partial charge is 0.395 e. The number of nitro benzene ring substituents is 1. The summed E-state index contributed by atoms with van der Waals surface area (Å²) in [6, 6.07) is 5.58. The molecule has 1 aliphatic rings. The molecule has 5 heteroatoms. The van der Waals surface area contributed by atoms with Crippen LogP contribution in [-0.4, -0.2) is 29.2 Å². The number of hydrogen-bond donors (Lipinski definition) is 1. The highest BCUT2D eigenvalue weighted by molar-refractivity contribution is 5.62. The van der Waals surface area contributed by atoms with E-state index in [1.54, 1.807) is 13.0 Å². The Hall–Kier alpha value is -1.62. The molecular weight excluding hydrogens is 256 g/mol. The monoisotopic (exact) mass is 278 g/mol. The summed E-state index contributed by atoms with van der Waals surface area (Å²) in [5, 5.41) is 20.4. The van der Waals surface area contributed by atoms with Crippen molar-refractivity contribution in [2.45, 2.75) is 45.1 Å². The molecule has 0 aromatic heterocycles. The van der Waals surface area contributed by atoms with E-state index < -0.39 is 0 Å². The van der Waals surface area contributed by atoms with Crippen LogP contribution in [0.3, 0.4) is 0 Å². The summed E-state index contributed by atoms with van der Waals surface area (Å²) < 4.78 is 0. The smallest absolute Gasteiger partial charge is 0.274 e. The molecule has 0 radical (unpaired) electrons. The Kier molecular flexibility index (Phi) is 4.95. The van der Waals surface area contributed by atoms with Crippen LogP contribution in [0.1, 0.15) is 37.7 Å². The van der Waals surface area contributed by atoms with Gasteiger partial charge in [-0.05, 0) is 25.8 Å². The first-order chi connectivity index (χ1) is 9.65. The lowest BCUT2D eigenvalue weighted by atomic mass is 9.93. The molecule has 110 valence electrons. The zero-order valence-electron chi connectivity index (χ0n) is 11.9. The van der Waals surface area contributed by atoms with Crippen LogP contribution >= 0.6 is 0 Å². The minimum atomic E-state index is -0.336. The van der Waals surface area contributed by atoms with Crippen LogP contribution in [0, 0.1) is 17.0 Å². The van der Waals surface area contributed by atoms with Crippen LogP contribution in [0.2, 0.25) is 0 Å². The van der Waals surface area contributed by atoms with Crippen molar-refractivity contribution in [3.63, 3.8) is 0 Å². The maximum absolute atomic E-state index is 11.1. The average molecular weight is 278 g/mol. The van der Waals surface area contributed by atoms with E-state index in [2.05, 4.69) is 4.90 Å². The van der Waals surface area contributed by atoms with Crippen LogP contribution in [0.5, 0.6) is 0 Å². The maximum atomic E-state index is 11.1. The van der Waals surface area contributed by atoms with Gasteiger partial charge in [-0.25, -0.2) is 0 Å². The van der Waals surface area contributed by atoms with Gasteiger partial charge in [0.25, 0.3) is 5.69 Å². The van der Waals surface area contributed by atoms with Crippen LogP contribution in [-0.2, 0) is 0 Å². The Labute approximate surface area is 119 Å². The second-order valence-electron chi connectivity index (χ2n) is 5.39. The third kappa shape index (κ3) is 3.10. The quantitative estimate of drug-likeness (QED) is 0.664. The van der Waals surface area contributed by atoms with Crippen molar-refractivity contribution in [3.05, 3.63) is 33.9 Å². The summed E-state index contributed by atoms with van der Waals surface area (Å²) in [5.41, 5.74) is 1.73. The maximum Gasteiger partial charge on any atom is 0.274 e. The highest BCUT2D eigenvalue weighted by Crippen LogP contribution is 2.33. The molecule has 1 fully saturated rings. The molecule has 1 N–H and O–H groups in total. The Morgan fingerprint density at radius 2 is 2.05 bits per heavy atom. The van der Waals surface area contributed by atoms with Crippen LogP contribution in [0.25, 0.3) is 0 Å². The Morgan fingerprint density at radius 1 is 1.35 bits per heavy atom. The molecule has 20 heavy (non-hydrogen) atoms. The summed E-state index contributed by atoms with van der Waals surface area (Å²) in [6.07, 6.45) is 5.85. The minimum Gasteiger partial charge on any atom is -0.395 e. The van der Waals surface area contributed by atoms with Crippen molar-refractivity contribution >= 4 is 11.4 Å². The fourth-order valence-electron chi connectivity index (χ4n) is 3.12. The molecule has 0 atom stereocenters. The predicted molar refractivity (Wildman–Crippen MR) is 79.1 cm³/mol. The van der Waals surface area contributed by atoms with Crippen molar-refractivity contribution in [1.29, 1.82) is 0 Å². The number of aliphatic hydroxyl groups excluding tert-OH is 1. The predicted octanol–water partition coefficient (Wildman–Crippen LogP) is 3.03. The number of anilines is 1. The molecule has 2 rings (SSSR count). The number of benzene rings is 1. The summed E-state index contributed by atoms with van der Waals surface area (Å²) in [5.74, 6) is 0. The zero-order chi connectivity index (χ0) is 14.5. The van der Waals surface area contributed by atoms with Gasteiger partial charge in [0.15, 0.2) is 0 Å². The topological polar surface area (TPSA) is 66.6 Å². The van der Waals surface area contributed by atoms with E-state index >= 15 is 0 Å². The number of aliphatic hydroxyl groups is 1. The normalized spacial score (nSPS) is 16.1. The summed E-state index contributed by atoms with van der Waals surface area (Å²) in [6.45, 7) is 2.39. The lowest BCUT2D eigenvalue weighted by Crippen LogP contribution is -2.39. The molecule has 0 spiro atoms. The van der Waals surface area contributed by atoms with Gasteiger partial charge in [-0.1, -0.05) is 25.3 Å². The lowest BCUT2D eigenvalue weighted by Gasteiger charge is -2.36. The van der Waals surface area contributed by atoms with E-state index in [-0.39, 0.29) is 17.2 Å². The van der Waals surface area contributed by atoms with Gasteiger partial charge in [0.05, 0.1) is 17.1 Å². The molecule has 0 bridgehead atoms. The van der Waals surface area contributed by atoms with E-state index in [0.717, 1.165) is 18.5 Å². The Bertz CT molecular complexity index is 470. The van der Waals surface area contributed by atoms with Crippen molar-refractivity contribution in [1.82, 2.24) is 0 Å². The molecule has 0 unspecified atom stereocenters. The molecule has 0 heterocycles. The zero-order valence-corrected chi connectivity index (χ0v) is 11.9. The molecule has 0 amide bonds. The fourth-order valence-corrected chi connectivity index (χ4v) is 3.12. The van der Waals surface area contributed by atoms with Gasteiger partial charge in [0.2, 0.25) is 0 Å². The fraction of sp³-hybridized carbons (Fsp3) is 0.600. The van der Waals surface area contributed by atoms with Gasteiger partial charge < -0.3 is 10.0 Å². The van der Waals surface area contributed by atoms with Gasteiger partial charge in [0.1, 0.15) is 0 Å². The first kappa shape index (κ1) is 14.8. The standard InChI is InChI=1S/C15H22N2O3/c1-12-14(8-5-9-15(12)17(19)20)16(10-11-18)13-6-3-2-4-7-13/h5,8-9,13,18H,2-4,6-7,10-11H2,1H3. The Morgan fingerprint density at radius 3 is 2.65 bits per heavy atom. The van der Waals surface area contributed by atoms with Crippen molar-refractivity contribution < 1.29 is 10.0 Å². The number of rotatable bonds is 5. The first-order valence-corrected chi connectivity index (χ1v) is 7.26. The minimum absolute atomic E-state index is 0.0681.